The first-order valence-electron chi connectivity index (χ1n) is 7.41. The highest BCUT2D eigenvalue weighted by Crippen LogP contribution is 2.49. The van der Waals surface area contributed by atoms with E-state index < -0.39 is 7.60 Å². The van der Waals surface area contributed by atoms with Crippen LogP contribution in [0.4, 0.5) is 11.4 Å². The molecule has 0 aliphatic carbocycles. The lowest BCUT2D eigenvalue weighted by atomic mass is 10.2. The molecule has 0 spiro atoms. The SMILES string of the molecule is CCOP(=O)(OCC)c1cc(C)ccc1Nc1ccccc1. The number of para-hydroxylation sites is 1. The Hall–Kier alpha value is -1.61. The topological polar surface area (TPSA) is 47.6 Å². The molecule has 0 unspecified atom stereocenters. The largest absolute Gasteiger partial charge is 0.363 e. The summed E-state index contributed by atoms with van der Waals surface area (Å²) in [6, 6.07) is 15.5. The number of nitrogens with one attached hydrogen (secondary N) is 1. The van der Waals surface area contributed by atoms with Crippen molar-refractivity contribution >= 4 is 24.3 Å². The second-order valence-electron chi connectivity index (χ2n) is 4.84. The Balaban J connectivity index is 2.45. The number of hydrogen-bond donors (Lipinski definition) is 1. The molecule has 0 aliphatic rings. The second kappa shape index (κ2) is 7.59. The molecule has 0 radical (unpaired) electrons. The zero-order chi connectivity index (χ0) is 16.0. The van der Waals surface area contributed by atoms with Crippen LogP contribution in [0.2, 0.25) is 0 Å². The molecule has 0 heterocycles. The van der Waals surface area contributed by atoms with Crippen LogP contribution in [0.3, 0.4) is 0 Å². The van der Waals surface area contributed by atoms with Gasteiger partial charge >= 0.3 is 7.60 Å². The molecule has 0 aromatic heterocycles. The van der Waals surface area contributed by atoms with Gasteiger partial charge in [0.1, 0.15) is 0 Å². The van der Waals surface area contributed by atoms with Crippen molar-refractivity contribution < 1.29 is 13.6 Å². The van der Waals surface area contributed by atoms with E-state index in [4.69, 9.17) is 9.05 Å². The van der Waals surface area contributed by atoms with E-state index in [2.05, 4.69) is 5.32 Å². The summed E-state index contributed by atoms with van der Waals surface area (Å²) in [5.41, 5.74) is 2.67. The molecule has 1 N–H and O–H groups in total. The molecule has 0 aliphatic heterocycles. The predicted molar refractivity (Wildman–Crippen MR) is 91.4 cm³/mol. The van der Waals surface area contributed by atoms with Gasteiger partial charge in [0.05, 0.1) is 24.2 Å². The third kappa shape index (κ3) is 3.98. The minimum Gasteiger partial charge on any atom is -0.355 e. The van der Waals surface area contributed by atoms with E-state index in [1.54, 1.807) is 0 Å². The summed E-state index contributed by atoms with van der Waals surface area (Å²) in [6.45, 7) is 6.24. The fraction of sp³-hybridized carbons (Fsp3) is 0.294. The third-order valence-corrected chi connectivity index (χ3v) is 5.26. The summed E-state index contributed by atoms with van der Waals surface area (Å²) in [5, 5.41) is 3.86. The molecule has 0 saturated heterocycles. The molecule has 0 fully saturated rings. The van der Waals surface area contributed by atoms with Crippen LogP contribution in [0.5, 0.6) is 0 Å². The van der Waals surface area contributed by atoms with Crippen molar-refractivity contribution in [2.45, 2.75) is 20.8 Å². The van der Waals surface area contributed by atoms with Gasteiger partial charge < -0.3 is 14.4 Å². The summed E-state index contributed by atoms with van der Waals surface area (Å²) >= 11 is 0. The third-order valence-electron chi connectivity index (χ3n) is 3.10. The molecule has 2 rings (SSSR count). The summed E-state index contributed by atoms with van der Waals surface area (Å²) in [4.78, 5) is 0. The minimum absolute atomic E-state index is 0.329. The molecule has 0 amide bonds. The van der Waals surface area contributed by atoms with Gasteiger partial charge in [-0.15, -0.1) is 0 Å². The Morgan fingerprint density at radius 3 is 2.23 bits per heavy atom. The summed E-state index contributed by atoms with van der Waals surface area (Å²) in [7, 11) is -3.34. The highest BCUT2D eigenvalue weighted by Gasteiger charge is 2.30. The molecule has 5 heteroatoms. The number of hydrogen-bond acceptors (Lipinski definition) is 4. The number of anilines is 2. The molecular weight excluding hydrogens is 297 g/mol. The van der Waals surface area contributed by atoms with Gasteiger partial charge in [0.25, 0.3) is 0 Å². The van der Waals surface area contributed by atoms with Crippen molar-refractivity contribution in [2.24, 2.45) is 0 Å². The number of benzene rings is 2. The van der Waals surface area contributed by atoms with Gasteiger partial charge in [-0.25, -0.2) is 0 Å². The van der Waals surface area contributed by atoms with Crippen LogP contribution in [0.15, 0.2) is 48.5 Å². The average Bonchev–Trinajstić information content (AvgIpc) is 2.50. The van der Waals surface area contributed by atoms with E-state index in [0.717, 1.165) is 16.9 Å². The van der Waals surface area contributed by atoms with Crippen molar-refractivity contribution in [1.82, 2.24) is 0 Å². The molecular formula is C17H22NO3P. The van der Waals surface area contributed by atoms with Crippen molar-refractivity contribution in [3.8, 4) is 0 Å². The van der Waals surface area contributed by atoms with Crippen molar-refractivity contribution in [3.63, 3.8) is 0 Å². The van der Waals surface area contributed by atoms with Gasteiger partial charge in [0, 0.05) is 5.69 Å². The molecule has 0 bridgehead atoms. The summed E-state index contributed by atoms with van der Waals surface area (Å²) in [5.74, 6) is 0. The Bertz CT molecular complexity index is 648. The van der Waals surface area contributed by atoms with Crippen LogP contribution in [0, 0.1) is 6.92 Å². The first-order chi connectivity index (χ1) is 10.6. The predicted octanol–water partition coefficient (Wildman–Crippen LogP) is 4.63. The molecule has 22 heavy (non-hydrogen) atoms. The van der Waals surface area contributed by atoms with Crippen molar-refractivity contribution in [3.05, 3.63) is 54.1 Å². The Morgan fingerprint density at radius 2 is 1.64 bits per heavy atom. The number of aryl methyl sites for hydroxylation is 1. The quantitative estimate of drug-likeness (QED) is 0.756. The van der Waals surface area contributed by atoms with E-state index in [9.17, 15) is 4.57 Å². The fourth-order valence-electron chi connectivity index (χ4n) is 2.17. The van der Waals surface area contributed by atoms with E-state index in [-0.39, 0.29) is 0 Å². The highest BCUT2D eigenvalue weighted by atomic mass is 31.2. The van der Waals surface area contributed by atoms with Gasteiger partial charge in [0.15, 0.2) is 0 Å². The minimum atomic E-state index is -3.34. The standard InChI is InChI=1S/C17H22NO3P/c1-4-20-22(19,21-5-2)17-13-14(3)11-12-16(17)18-15-9-7-6-8-10-15/h6-13,18H,4-5H2,1-3H3. The molecule has 2 aromatic carbocycles. The maximum atomic E-state index is 13.1. The van der Waals surface area contributed by atoms with Crippen LogP contribution >= 0.6 is 7.60 Å². The van der Waals surface area contributed by atoms with Crippen LogP contribution in [0.25, 0.3) is 0 Å². The zero-order valence-electron chi connectivity index (χ0n) is 13.2. The zero-order valence-corrected chi connectivity index (χ0v) is 14.1. The Labute approximate surface area is 132 Å². The Kier molecular flexibility index (Phi) is 5.78. The molecule has 4 nitrogen and oxygen atoms in total. The number of rotatable bonds is 7. The molecule has 2 aromatic rings. The van der Waals surface area contributed by atoms with E-state index in [0.29, 0.717) is 18.5 Å². The van der Waals surface area contributed by atoms with Gasteiger partial charge in [-0.05, 0) is 45.0 Å². The van der Waals surface area contributed by atoms with Crippen LogP contribution in [-0.4, -0.2) is 13.2 Å². The molecule has 118 valence electrons. The summed E-state index contributed by atoms with van der Waals surface area (Å²) in [6.07, 6.45) is 0. The lowest BCUT2D eigenvalue weighted by molar-refractivity contribution is 0.230. The van der Waals surface area contributed by atoms with E-state index >= 15 is 0 Å². The van der Waals surface area contributed by atoms with Gasteiger partial charge in [-0.2, -0.15) is 0 Å². The van der Waals surface area contributed by atoms with E-state index in [1.807, 2.05) is 69.3 Å². The molecule has 0 saturated carbocycles. The highest BCUT2D eigenvalue weighted by molar-refractivity contribution is 7.62. The lowest BCUT2D eigenvalue weighted by Crippen LogP contribution is -2.15. The average molecular weight is 319 g/mol. The normalized spacial score (nSPS) is 11.4. The Morgan fingerprint density at radius 1 is 1.00 bits per heavy atom. The van der Waals surface area contributed by atoms with Crippen LogP contribution < -0.4 is 10.6 Å². The summed E-state index contributed by atoms with van der Waals surface area (Å²) < 4.78 is 24.1. The maximum Gasteiger partial charge on any atom is 0.363 e. The van der Waals surface area contributed by atoms with Crippen molar-refractivity contribution in [1.29, 1.82) is 0 Å². The smallest absolute Gasteiger partial charge is 0.355 e. The first-order valence-corrected chi connectivity index (χ1v) is 8.95. The monoisotopic (exact) mass is 319 g/mol. The van der Waals surface area contributed by atoms with Crippen molar-refractivity contribution in [2.75, 3.05) is 18.5 Å². The van der Waals surface area contributed by atoms with Gasteiger partial charge in [0.2, 0.25) is 0 Å². The second-order valence-corrected chi connectivity index (χ2v) is 6.84. The fourth-order valence-corrected chi connectivity index (χ4v) is 3.99. The lowest BCUT2D eigenvalue weighted by Gasteiger charge is -2.21. The first kappa shape index (κ1) is 16.8. The maximum absolute atomic E-state index is 13.1. The van der Waals surface area contributed by atoms with Gasteiger partial charge in [-0.1, -0.05) is 29.8 Å². The van der Waals surface area contributed by atoms with Crippen LogP contribution in [0.1, 0.15) is 19.4 Å². The molecule has 0 atom stereocenters. The van der Waals surface area contributed by atoms with E-state index in [1.165, 1.54) is 0 Å². The van der Waals surface area contributed by atoms with Gasteiger partial charge in [-0.3, -0.25) is 4.57 Å². The van der Waals surface area contributed by atoms with Crippen LogP contribution in [-0.2, 0) is 13.6 Å².